The molecule has 3 rings (SSSR count). The van der Waals surface area contributed by atoms with Crippen molar-refractivity contribution < 1.29 is 9.63 Å². The summed E-state index contributed by atoms with van der Waals surface area (Å²) in [6, 6.07) is 1.59. The van der Waals surface area contributed by atoms with Gasteiger partial charge in [-0.1, -0.05) is 37.3 Å². The first-order valence-electron chi connectivity index (χ1n) is 7.31. The average molecular weight is 273 g/mol. The highest BCUT2D eigenvalue weighted by molar-refractivity contribution is 5.53. The zero-order valence-corrected chi connectivity index (χ0v) is 11.5. The van der Waals surface area contributed by atoms with Gasteiger partial charge in [-0.2, -0.15) is 4.98 Å². The number of rotatable bonds is 2. The lowest BCUT2D eigenvalue weighted by atomic mass is 9.91. The van der Waals surface area contributed by atoms with E-state index in [0.717, 1.165) is 18.7 Å². The Hall–Kier alpha value is -1.91. The molecule has 0 spiro atoms. The predicted molar refractivity (Wildman–Crippen MR) is 74.3 cm³/mol. The van der Waals surface area contributed by atoms with E-state index in [1.165, 1.54) is 38.3 Å². The van der Waals surface area contributed by atoms with E-state index in [2.05, 4.69) is 15.1 Å². The Morgan fingerprint density at radius 3 is 2.55 bits per heavy atom. The van der Waals surface area contributed by atoms with E-state index < -0.39 is 0 Å². The first-order valence-corrected chi connectivity index (χ1v) is 7.31. The maximum absolute atomic E-state index is 9.45. The molecule has 0 bridgehead atoms. The molecule has 2 aromatic heterocycles. The molecule has 1 aliphatic carbocycles. The van der Waals surface area contributed by atoms with Crippen molar-refractivity contribution in [3.05, 3.63) is 24.3 Å². The van der Waals surface area contributed by atoms with Crippen LogP contribution < -0.4 is 0 Å². The van der Waals surface area contributed by atoms with Gasteiger partial charge in [-0.05, 0) is 18.9 Å². The van der Waals surface area contributed by atoms with Crippen molar-refractivity contribution in [2.75, 3.05) is 0 Å². The van der Waals surface area contributed by atoms with Crippen LogP contribution in [-0.2, 0) is 0 Å². The van der Waals surface area contributed by atoms with Gasteiger partial charge in [-0.3, -0.25) is 4.98 Å². The summed E-state index contributed by atoms with van der Waals surface area (Å²) in [5.41, 5.74) is 0.662. The van der Waals surface area contributed by atoms with Gasteiger partial charge in [0.15, 0.2) is 5.82 Å². The zero-order valence-electron chi connectivity index (χ0n) is 11.5. The smallest absolute Gasteiger partial charge is 0.259 e. The maximum Gasteiger partial charge on any atom is 0.259 e. The summed E-state index contributed by atoms with van der Waals surface area (Å²) in [5.74, 6) is 1.74. The third-order valence-corrected chi connectivity index (χ3v) is 3.88. The maximum atomic E-state index is 9.45. The van der Waals surface area contributed by atoms with Crippen LogP contribution in [0.4, 0.5) is 0 Å². The molecule has 106 valence electrons. The van der Waals surface area contributed by atoms with Gasteiger partial charge in [0.2, 0.25) is 0 Å². The van der Waals surface area contributed by atoms with Gasteiger partial charge in [-0.25, -0.2) is 0 Å². The van der Waals surface area contributed by atoms with Gasteiger partial charge < -0.3 is 9.63 Å². The van der Waals surface area contributed by atoms with Crippen LogP contribution in [-0.4, -0.2) is 20.2 Å². The third kappa shape index (κ3) is 2.98. The summed E-state index contributed by atoms with van der Waals surface area (Å²) >= 11 is 0. The van der Waals surface area contributed by atoms with Crippen LogP contribution in [0.25, 0.3) is 11.5 Å². The van der Waals surface area contributed by atoms with Crippen molar-refractivity contribution in [2.45, 2.75) is 50.9 Å². The highest BCUT2D eigenvalue weighted by Crippen LogP contribution is 2.30. The molecule has 2 heterocycles. The summed E-state index contributed by atoms with van der Waals surface area (Å²) in [5, 5.41) is 13.6. The first-order chi connectivity index (χ1) is 9.83. The van der Waals surface area contributed by atoms with Crippen LogP contribution in [0.15, 0.2) is 23.0 Å². The molecule has 1 saturated carbocycles. The molecular formula is C15H19N3O2. The minimum Gasteiger partial charge on any atom is -0.506 e. The lowest BCUT2D eigenvalue weighted by molar-refractivity contribution is 0.393. The van der Waals surface area contributed by atoms with Gasteiger partial charge in [0.25, 0.3) is 5.89 Å². The van der Waals surface area contributed by atoms with Crippen molar-refractivity contribution in [2.24, 2.45) is 0 Å². The van der Waals surface area contributed by atoms with E-state index in [9.17, 15) is 5.11 Å². The second kappa shape index (κ2) is 6.03. The fourth-order valence-electron chi connectivity index (χ4n) is 2.78. The number of nitrogens with zero attached hydrogens (tertiary/aromatic N) is 3. The van der Waals surface area contributed by atoms with Gasteiger partial charge in [-0.15, -0.1) is 0 Å². The Morgan fingerprint density at radius 1 is 1.05 bits per heavy atom. The Bertz CT molecular complexity index is 560. The van der Waals surface area contributed by atoms with Gasteiger partial charge in [0.05, 0.1) is 11.8 Å². The Labute approximate surface area is 118 Å². The topological polar surface area (TPSA) is 72.0 Å². The molecule has 0 unspecified atom stereocenters. The van der Waals surface area contributed by atoms with Crippen LogP contribution in [0.5, 0.6) is 5.75 Å². The van der Waals surface area contributed by atoms with E-state index in [1.54, 1.807) is 12.3 Å². The van der Waals surface area contributed by atoms with E-state index in [4.69, 9.17) is 4.52 Å². The van der Waals surface area contributed by atoms with Crippen molar-refractivity contribution in [1.29, 1.82) is 0 Å². The summed E-state index contributed by atoms with van der Waals surface area (Å²) in [6.45, 7) is 0. The van der Waals surface area contributed by atoms with E-state index >= 15 is 0 Å². The number of aromatic nitrogens is 3. The minimum atomic E-state index is 0.105. The second-order valence-electron chi connectivity index (χ2n) is 5.43. The molecule has 20 heavy (non-hydrogen) atoms. The molecule has 0 atom stereocenters. The van der Waals surface area contributed by atoms with E-state index in [1.807, 2.05) is 0 Å². The molecule has 5 nitrogen and oxygen atoms in total. The van der Waals surface area contributed by atoms with Crippen molar-refractivity contribution >= 4 is 0 Å². The number of hydrogen-bond acceptors (Lipinski definition) is 5. The minimum absolute atomic E-state index is 0.105. The average Bonchev–Trinajstić information content (AvgIpc) is 2.88. The van der Waals surface area contributed by atoms with Crippen LogP contribution in [0, 0.1) is 0 Å². The Morgan fingerprint density at radius 2 is 1.80 bits per heavy atom. The zero-order chi connectivity index (χ0) is 13.8. The van der Waals surface area contributed by atoms with Crippen LogP contribution in [0.1, 0.15) is 56.7 Å². The van der Waals surface area contributed by atoms with Gasteiger partial charge in [0, 0.05) is 12.1 Å². The quantitative estimate of drug-likeness (QED) is 0.903. The number of hydrogen-bond donors (Lipinski definition) is 1. The molecule has 2 aromatic rings. The van der Waals surface area contributed by atoms with Crippen molar-refractivity contribution in [3.63, 3.8) is 0 Å². The van der Waals surface area contributed by atoms with Gasteiger partial charge >= 0.3 is 0 Å². The van der Waals surface area contributed by atoms with Crippen LogP contribution >= 0.6 is 0 Å². The fourth-order valence-corrected chi connectivity index (χ4v) is 2.78. The molecule has 0 aromatic carbocycles. The molecule has 0 radical (unpaired) electrons. The first kappa shape index (κ1) is 13.1. The molecule has 0 saturated heterocycles. The highest BCUT2D eigenvalue weighted by atomic mass is 16.5. The highest BCUT2D eigenvalue weighted by Gasteiger charge is 2.20. The SMILES string of the molecule is Oc1cncc(-c2nc(C3CCCCCCC3)no2)c1. The molecule has 0 amide bonds. The molecule has 5 heteroatoms. The van der Waals surface area contributed by atoms with Crippen molar-refractivity contribution in [3.8, 4) is 17.2 Å². The Balaban J connectivity index is 1.78. The lowest BCUT2D eigenvalue weighted by Gasteiger charge is -2.15. The summed E-state index contributed by atoms with van der Waals surface area (Å²) in [4.78, 5) is 8.42. The number of aromatic hydroxyl groups is 1. The predicted octanol–water partition coefficient (Wildman–Crippen LogP) is 3.67. The van der Waals surface area contributed by atoms with Crippen molar-refractivity contribution in [1.82, 2.24) is 15.1 Å². The summed E-state index contributed by atoms with van der Waals surface area (Å²) in [6.07, 6.45) is 11.7. The van der Waals surface area contributed by atoms with E-state index in [-0.39, 0.29) is 5.75 Å². The van der Waals surface area contributed by atoms with Crippen LogP contribution in [0.2, 0.25) is 0 Å². The third-order valence-electron chi connectivity index (χ3n) is 3.88. The lowest BCUT2D eigenvalue weighted by Crippen LogP contribution is -2.04. The Kier molecular flexibility index (Phi) is 3.95. The standard InChI is InChI=1S/C15H19N3O2/c19-13-8-12(9-16-10-13)15-17-14(18-20-15)11-6-4-2-1-3-5-7-11/h8-11,19H,1-7H2. The molecule has 0 aliphatic heterocycles. The monoisotopic (exact) mass is 273 g/mol. The van der Waals surface area contributed by atoms with Gasteiger partial charge in [0.1, 0.15) is 5.75 Å². The normalized spacial score (nSPS) is 17.6. The second-order valence-corrected chi connectivity index (χ2v) is 5.43. The summed E-state index contributed by atoms with van der Waals surface area (Å²) in [7, 11) is 0. The molecule has 1 fully saturated rings. The molecule has 1 N–H and O–H groups in total. The number of pyridine rings is 1. The molecule has 1 aliphatic rings. The van der Waals surface area contributed by atoms with Crippen LogP contribution in [0.3, 0.4) is 0 Å². The van der Waals surface area contributed by atoms with E-state index in [0.29, 0.717) is 17.4 Å². The fraction of sp³-hybridized carbons (Fsp3) is 0.533. The summed E-state index contributed by atoms with van der Waals surface area (Å²) < 4.78 is 5.32. The molecular weight excluding hydrogens is 254 g/mol. The largest absolute Gasteiger partial charge is 0.506 e.